The quantitative estimate of drug-likeness (QED) is 0.806. The van der Waals surface area contributed by atoms with Crippen LogP contribution in [-0.2, 0) is 15.8 Å². The number of carbonyl (C=O) groups is 3. The first kappa shape index (κ1) is 17.8. The largest absolute Gasteiger partial charge is 0.416 e. The maximum absolute atomic E-state index is 12.5. The third kappa shape index (κ3) is 4.03. The number of alkyl halides is 3. The molecule has 2 rings (SSSR count). The molecule has 0 radical (unpaired) electrons. The molecule has 24 heavy (non-hydrogen) atoms. The number of halogens is 3. The van der Waals surface area contributed by atoms with Gasteiger partial charge in [0.05, 0.1) is 5.56 Å². The zero-order chi connectivity index (χ0) is 17.9. The summed E-state index contributed by atoms with van der Waals surface area (Å²) in [5, 5.41) is 4.84. The minimum Gasteiger partial charge on any atom is -0.326 e. The van der Waals surface area contributed by atoms with Crippen LogP contribution < -0.4 is 10.6 Å². The van der Waals surface area contributed by atoms with E-state index in [0.29, 0.717) is 12.8 Å². The lowest BCUT2D eigenvalue weighted by molar-refractivity contribution is -0.137. The van der Waals surface area contributed by atoms with Crippen molar-refractivity contribution in [2.24, 2.45) is 0 Å². The van der Waals surface area contributed by atoms with Crippen molar-refractivity contribution in [1.29, 1.82) is 0 Å². The van der Waals surface area contributed by atoms with Gasteiger partial charge in [-0.15, -0.1) is 0 Å². The third-order valence-corrected chi connectivity index (χ3v) is 3.48. The molecule has 1 aromatic rings. The molecule has 1 aliphatic heterocycles. The van der Waals surface area contributed by atoms with Gasteiger partial charge < -0.3 is 10.6 Å². The Hall–Kier alpha value is -2.58. The molecule has 0 unspecified atom stereocenters. The second-order valence-electron chi connectivity index (χ2n) is 5.34. The Morgan fingerprint density at radius 1 is 1.25 bits per heavy atom. The fourth-order valence-corrected chi connectivity index (χ4v) is 2.30. The zero-order valence-electron chi connectivity index (χ0n) is 12.8. The van der Waals surface area contributed by atoms with E-state index in [9.17, 15) is 27.6 Å². The Morgan fingerprint density at radius 2 is 1.88 bits per heavy atom. The van der Waals surface area contributed by atoms with Crippen molar-refractivity contribution in [3.8, 4) is 0 Å². The average molecular weight is 343 g/mol. The van der Waals surface area contributed by atoms with Gasteiger partial charge in [-0.3, -0.25) is 14.5 Å². The first-order valence-electron chi connectivity index (χ1n) is 7.31. The molecule has 1 heterocycles. The normalized spacial score (nSPS) is 17.8. The first-order chi connectivity index (χ1) is 11.2. The number of urea groups is 1. The van der Waals surface area contributed by atoms with Gasteiger partial charge in [0.15, 0.2) is 0 Å². The van der Waals surface area contributed by atoms with Crippen molar-refractivity contribution >= 4 is 23.5 Å². The van der Waals surface area contributed by atoms with Gasteiger partial charge in [0.1, 0.15) is 12.6 Å². The van der Waals surface area contributed by atoms with Crippen LogP contribution in [0.25, 0.3) is 0 Å². The van der Waals surface area contributed by atoms with Gasteiger partial charge in [0, 0.05) is 5.69 Å². The van der Waals surface area contributed by atoms with Crippen molar-refractivity contribution in [3.63, 3.8) is 0 Å². The van der Waals surface area contributed by atoms with E-state index in [1.165, 1.54) is 0 Å². The summed E-state index contributed by atoms with van der Waals surface area (Å²) in [7, 11) is 0. The lowest BCUT2D eigenvalue weighted by Gasteiger charge is -2.13. The molecule has 130 valence electrons. The number of rotatable bonds is 5. The SMILES string of the molecule is CCC[C@H]1NC(=O)N(CC(=O)Nc2ccc(C(F)(F)F)cc2)C1=O. The third-order valence-electron chi connectivity index (χ3n) is 3.48. The second kappa shape index (κ2) is 6.90. The highest BCUT2D eigenvalue weighted by Gasteiger charge is 2.38. The molecule has 1 saturated heterocycles. The summed E-state index contributed by atoms with van der Waals surface area (Å²) in [6.45, 7) is 1.37. The van der Waals surface area contributed by atoms with Crippen LogP contribution >= 0.6 is 0 Å². The van der Waals surface area contributed by atoms with Crippen molar-refractivity contribution in [1.82, 2.24) is 10.2 Å². The average Bonchev–Trinajstić information content (AvgIpc) is 2.75. The van der Waals surface area contributed by atoms with E-state index >= 15 is 0 Å². The number of benzene rings is 1. The molecule has 1 aliphatic rings. The number of nitrogens with one attached hydrogen (secondary N) is 2. The van der Waals surface area contributed by atoms with Gasteiger partial charge in [-0.1, -0.05) is 13.3 Å². The molecule has 0 bridgehead atoms. The molecular weight excluding hydrogens is 327 g/mol. The first-order valence-corrected chi connectivity index (χ1v) is 7.31. The van der Waals surface area contributed by atoms with Crippen LogP contribution in [0.4, 0.5) is 23.7 Å². The minimum absolute atomic E-state index is 0.144. The molecule has 1 fully saturated rings. The molecule has 6 nitrogen and oxygen atoms in total. The highest BCUT2D eigenvalue weighted by atomic mass is 19.4. The Balaban J connectivity index is 1.96. The van der Waals surface area contributed by atoms with Crippen molar-refractivity contribution in [2.45, 2.75) is 32.0 Å². The van der Waals surface area contributed by atoms with E-state index in [0.717, 1.165) is 29.2 Å². The van der Waals surface area contributed by atoms with Crippen molar-refractivity contribution in [2.75, 3.05) is 11.9 Å². The van der Waals surface area contributed by atoms with Crippen LogP contribution in [0.3, 0.4) is 0 Å². The van der Waals surface area contributed by atoms with E-state index in [-0.39, 0.29) is 5.69 Å². The molecule has 1 atom stereocenters. The molecular formula is C15H16F3N3O3. The summed E-state index contributed by atoms with van der Waals surface area (Å²) >= 11 is 0. The van der Waals surface area contributed by atoms with Crippen LogP contribution in [0, 0.1) is 0 Å². The van der Waals surface area contributed by atoms with Gasteiger partial charge in [-0.05, 0) is 30.7 Å². The summed E-state index contributed by atoms with van der Waals surface area (Å²) in [6, 6.07) is 2.59. The van der Waals surface area contributed by atoms with Crippen LogP contribution in [0.15, 0.2) is 24.3 Å². The Kier molecular flexibility index (Phi) is 5.10. The summed E-state index contributed by atoms with van der Waals surface area (Å²) in [5.41, 5.74) is -0.692. The van der Waals surface area contributed by atoms with Gasteiger partial charge >= 0.3 is 12.2 Å². The second-order valence-corrected chi connectivity index (χ2v) is 5.34. The topological polar surface area (TPSA) is 78.5 Å². The highest BCUT2D eigenvalue weighted by molar-refractivity contribution is 6.07. The highest BCUT2D eigenvalue weighted by Crippen LogP contribution is 2.29. The maximum atomic E-state index is 12.5. The Bertz CT molecular complexity index is 644. The van der Waals surface area contributed by atoms with Gasteiger partial charge in [0.25, 0.3) is 5.91 Å². The van der Waals surface area contributed by atoms with E-state index in [1.54, 1.807) is 0 Å². The smallest absolute Gasteiger partial charge is 0.326 e. The number of nitrogens with zero attached hydrogens (tertiary/aromatic N) is 1. The number of hydrogen-bond acceptors (Lipinski definition) is 3. The number of imide groups is 1. The van der Waals surface area contributed by atoms with Crippen LogP contribution in [-0.4, -0.2) is 35.3 Å². The molecule has 1 aromatic carbocycles. The number of amides is 4. The molecule has 0 saturated carbocycles. The van der Waals surface area contributed by atoms with E-state index in [2.05, 4.69) is 10.6 Å². The molecule has 0 aromatic heterocycles. The van der Waals surface area contributed by atoms with Gasteiger partial charge in [0.2, 0.25) is 5.91 Å². The van der Waals surface area contributed by atoms with Crippen molar-refractivity contribution < 1.29 is 27.6 Å². The monoisotopic (exact) mass is 343 g/mol. The van der Waals surface area contributed by atoms with E-state index in [1.807, 2.05) is 6.92 Å². The number of anilines is 1. The van der Waals surface area contributed by atoms with Crippen LogP contribution in [0.2, 0.25) is 0 Å². The summed E-state index contributed by atoms with van der Waals surface area (Å²) in [4.78, 5) is 36.4. The predicted molar refractivity (Wildman–Crippen MR) is 79.0 cm³/mol. The maximum Gasteiger partial charge on any atom is 0.416 e. The zero-order valence-corrected chi connectivity index (χ0v) is 12.8. The minimum atomic E-state index is -4.46. The Morgan fingerprint density at radius 3 is 2.42 bits per heavy atom. The molecule has 2 N–H and O–H groups in total. The standard InChI is InChI=1S/C15H16F3N3O3/c1-2-3-11-13(23)21(14(24)20-11)8-12(22)19-10-6-4-9(5-7-10)15(16,17)18/h4-7,11H,2-3,8H2,1H3,(H,19,22)(H,20,24)/t11-/m1/s1. The molecule has 0 spiro atoms. The lowest BCUT2D eigenvalue weighted by atomic mass is 10.2. The van der Waals surface area contributed by atoms with E-state index < -0.39 is 42.2 Å². The fourth-order valence-electron chi connectivity index (χ4n) is 2.30. The van der Waals surface area contributed by atoms with Crippen LogP contribution in [0.1, 0.15) is 25.3 Å². The fraction of sp³-hybridized carbons (Fsp3) is 0.400. The predicted octanol–water partition coefficient (Wildman–Crippen LogP) is 2.36. The number of carbonyl (C=O) groups excluding carboxylic acids is 3. The summed E-state index contributed by atoms with van der Waals surface area (Å²) in [6.07, 6.45) is -3.29. The summed E-state index contributed by atoms with van der Waals surface area (Å²) in [5.74, 6) is -1.15. The number of hydrogen-bond donors (Lipinski definition) is 2. The lowest BCUT2D eigenvalue weighted by Crippen LogP contribution is -2.38. The van der Waals surface area contributed by atoms with E-state index in [4.69, 9.17) is 0 Å². The van der Waals surface area contributed by atoms with Gasteiger partial charge in [-0.25, -0.2) is 4.79 Å². The van der Waals surface area contributed by atoms with Gasteiger partial charge in [-0.2, -0.15) is 13.2 Å². The molecule has 9 heteroatoms. The van der Waals surface area contributed by atoms with Crippen LogP contribution in [0.5, 0.6) is 0 Å². The Labute approximate surface area is 136 Å². The molecule has 0 aliphatic carbocycles. The summed E-state index contributed by atoms with van der Waals surface area (Å²) < 4.78 is 37.4. The molecule has 4 amide bonds. The van der Waals surface area contributed by atoms with Crippen molar-refractivity contribution in [3.05, 3.63) is 29.8 Å².